The first kappa shape index (κ1) is 17.0. The zero-order valence-electron chi connectivity index (χ0n) is 13.7. The van der Waals surface area contributed by atoms with Crippen molar-refractivity contribution in [3.8, 4) is 11.5 Å². The van der Waals surface area contributed by atoms with E-state index in [0.717, 1.165) is 10.9 Å². The number of aldehydes is 1. The van der Waals surface area contributed by atoms with Crippen molar-refractivity contribution in [2.45, 2.75) is 11.8 Å². The van der Waals surface area contributed by atoms with Crippen LogP contribution in [0, 0.1) is 6.92 Å². The van der Waals surface area contributed by atoms with Gasteiger partial charge in [-0.3, -0.25) is 4.79 Å². The molecule has 3 aromatic carbocycles. The summed E-state index contributed by atoms with van der Waals surface area (Å²) in [6.45, 7) is 1.86. The Morgan fingerprint density at radius 3 is 2.28 bits per heavy atom. The molecule has 3 rings (SSSR count). The van der Waals surface area contributed by atoms with Crippen LogP contribution in [0.3, 0.4) is 0 Å². The zero-order chi connectivity index (χ0) is 18.0. The van der Waals surface area contributed by atoms with Gasteiger partial charge in [0.1, 0.15) is 10.6 Å². The molecule has 0 aliphatic carbocycles. The van der Waals surface area contributed by atoms with E-state index >= 15 is 0 Å². The summed E-state index contributed by atoms with van der Waals surface area (Å²) in [6.07, 6.45) is 0.585. The van der Waals surface area contributed by atoms with Gasteiger partial charge in [0, 0.05) is 0 Å². The number of ether oxygens (including phenoxy) is 1. The van der Waals surface area contributed by atoms with E-state index in [0.29, 0.717) is 17.4 Å². The van der Waals surface area contributed by atoms with Crippen molar-refractivity contribution in [3.63, 3.8) is 0 Å². The van der Waals surface area contributed by atoms with E-state index in [1.54, 1.807) is 36.4 Å². The van der Waals surface area contributed by atoms with E-state index in [9.17, 15) is 13.2 Å². The summed E-state index contributed by atoms with van der Waals surface area (Å²) in [5.74, 6) is 0.547. The molecule has 0 saturated carbocycles. The molecular weight excluding hydrogens is 340 g/mol. The molecule has 0 saturated heterocycles. The molecule has 0 radical (unpaired) electrons. The molecule has 25 heavy (non-hydrogen) atoms. The third-order valence-corrected chi connectivity index (χ3v) is 5.11. The van der Waals surface area contributed by atoms with Crippen molar-refractivity contribution < 1.29 is 22.1 Å². The summed E-state index contributed by atoms with van der Waals surface area (Å²) in [5.41, 5.74) is 1.09. The topological polar surface area (TPSA) is 69.7 Å². The van der Waals surface area contributed by atoms with Crippen LogP contribution in [0.1, 0.15) is 15.9 Å². The SMILES string of the molecule is COc1ccc2ccc(OS(=O)(=O)c3ccc(C)cc3)c(C=O)c2c1. The molecule has 0 aliphatic heterocycles. The van der Waals surface area contributed by atoms with Gasteiger partial charge in [-0.15, -0.1) is 0 Å². The first-order valence-corrected chi connectivity index (χ1v) is 8.92. The second kappa shape index (κ2) is 6.57. The zero-order valence-corrected chi connectivity index (χ0v) is 14.5. The number of hydrogen-bond acceptors (Lipinski definition) is 5. The van der Waals surface area contributed by atoms with E-state index in [-0.39, 0.29) is 16.2 Å². The molecule has 0 spiro atoms. The molecular formula is C19H16O5S. The molecule has 0 aliphatic rings. The first-order chi connectivity index (χ1) is 11.9. The first-order valence-electron chi connectivity index (χ1n) is 7.52. The number of methoxy groups -OCH3 is 1. The maximum absolute atomic E-state index is 12.5. The molecule has 3 aromatic rings. The van der Waals surface area contributed by atoms with Crippen molar-refractivity contribution in [3.05, 3.63) is 65.7 Å². The Bertz CT molecular complexity index is 1040. The van der Waals surface area contributed by atoms with Gasteiger partial charge >= 0.3 is 10.1 Å². The van der Waals surface area contributed by atoms with Gasteiger partial charge in [0.25, 0.3) is 0 Å². The monoisotopic (exact) mass is 356 g/mol. The highest BCUT2D eigenvalue weighted by Crippen LogP contribution is 2.31. The number of aryl methyl sites for hydroxylation is 1. The van der Waals surface area contributed by atoms with Gasteiger partial charge in [-0.25, -0.2) is 0 Å². The van der Waals surface area contributed by atoms with Gasteiger partial charge in [0.2, 0.25) is 0 Å². The van der Waals surface area contributed by atoms with Crippen LogP contribution in [0.5, 0.6) is 11.5 Å². The largest absolute Gasteiger partial charge is 0.497 e. The lowest BCUT2D eigenvalue weighted by Crippen LogP contribution is -2.11. The highest BCUT2D eigenvalue weighted by molar-refractivity contribution is 7.87. The Hall–Kier alpha value is -2.86. The van der Waals surface area contributed by atoms with Gasteiger partial charge in [-0.2, -0.15) is 8.42 Å². The van der Waals surface area contributed by atoms with Crippen molar-refractivity contribution in [2.24, 2.45) is 0 Å². The second-order valence-corrected chi connectivity index (χ2v) is 7.08. The highest BCUT2D eigenvalue weighted by atomic mass is 32.2. The van der Waals surface area contributed by atoms with E-state index in [4.69, 9.17) is 8.92 Å². The van der Waals surface area contributed by atoms with Gasteiger partial charge in [-0.1, -0.05) is 29.8 Å². The average molecular weight is 356 g/mol. The number of benzene rings is 3. The summed E-state index contributed by atoms with van der Waals surface area (Å²) >= 11 is 0. The minimum absolute atomic E-state index is 0.0173. The summed E-state index contributed by atoms with van der Waals surface area (Å²) < 4.78 is 35.4. The van der Waals surface area contributed by atoms with E-state index in [2.05, 4.69) is 0 Å². The predicted octanol–water partition coefficient (Wildman–Crippen LogP) is 3.74. The van der Waals surface area contributed by atoms with Crippen molar-refractivity contribution in [1.29, 1.82) is 0 Å². The molecule has 0 aromatic heterocycles. The lowest BCUT2D eigenvalue weighted by molar-refractivity contribution is 0.112. The van der Waals surface area contributed by atoms with Crippen LogP contribution in [-0.2, 0) is 10.1 Å². The van der Waals surface area contributed by atoms with Gasteiger partial charge in [0.15, 0.2) is 12.0 Å². The second-order valence-electron chi connectivity index (χ2n) is 5.53. The van der Waals surface area contributed by atoms with Crippen LogP contribution in [0.25, 0.3) is 10.8 Å². The van der Waals surface area contributed by atoms with Crippen LogP contribution < -0.4 is 8.92 Å². The minimum Gasteiger partial charge on any atom is -0.497 e. The smallest absolute Gasteiger partial charge is 0.339 e. The molecule has 0 unspecified atom stereocenters. The molecule has 0 amide bonds. The third kappa shape index (κ3) is 3.34. The Kier molecular flexibility index (Phi) is 4.46. The fourth-order valence-corrected chi connectivity index (χ4v) is 3.44. The van der Waals surface area contributed by atoms with Crippen molar-refractivity contribution >= 4 is 27.2 Å². The number of rotatable bonds is 5. The highest BCUT2D eigenvalue weighted by Gasteiger charge is 2.19. The standard InChI is InChI=1S/C19H16O5S/c1-13-3-8-16(9-4-13)25(21,22)24-19-10-6-14-5-7-15(23-2)11-17(14)18(19)12-20/h3-12H,1-2H3. The maximum atomic E-state index is 12.5. The summed E-state index contributed by atoms with van der Waals surface area (Å²) in [5, 5.41) is 1.34. The molecule has 5 nitrogen and oxygen atoms in total. The van der Waals surface area contributed by atoms with Crippen LogP contribution in [0.15, 0.2) is 59.5 Å². The summed E-state index contributed by atoms with van der Waals surface area (Å²) in [7, 11) is -2.52. The predicted molar refractivity (Wildman–Crippen MR) is 94.9 cm³/mol. The average Bonchev–Trinajstić information content (AvgIpc) is 2.61. The normalized spacial score (nSPS) is 11.3. The van der Waals surface area contributed by atoms with Crippen molar-refractivity contribution in [2.75, 3.05) is 7.11 Å². The van der Waals surface area contributed by atoms with Crippen LogP contribution in [0.4, 0.5) is 0 Å². The molecule has 0 heterocycles. The minimum atomic E-state index is -4.04. The molecule has 0 N–H and O–H groups in total. The molecule has 6 heteroatoms. The molecule has 128 valence electrons. The lowest BCUT2D eigenvalue weighted by Gasteiger charge is -2.12. The molecule has 0 bridgehead atoms. The summed E-state index contributed by atoms with van der Waals surface area (Å²) in [4.78, 5) is 11.6. The number of carbonyl (C=O) groups excluding carboxylic acids is 1. The van der Waals surface area contributed by atoms with Gasteiger partial charge < -0.3 is 8.92 Å². The Morgan fingerprint density at radius 2 is 1.64 bits per heavy atom. The maximum Gasteiger partial charge on any atom is 0.339 e. The Balaban J connectivity index is 2.09. The summed E-state index contributed by atoms with van der Waals surface area (Å²) in [6, 6.07) is 14.7. The fraction of sp³-hybridized carbons (Fsp3) is 0.105. The number of carbonyl (C=O) groups is 1. The Morgan fingerprint density at radius 1 is 0.960 bits per heavy atom. The molecule has 0 fully saturated rings. The van der Waals surface area contributed by atoms with Gasteiger partial charge in [0.05, 0.1) is 12.7 Å². The van der Waals surface area contributed by atoms with Crippen molar-refractivity contribution in [1.82, 2.24) is 0 Å². The third-order valence-electron chi connectivity index (χ3n) is 3.86. The lowest BCUT2D eigenvalue weighted by atomic mass is 10.0. The van der Waals surface area contributed by atoms with E-state index in [1.165, 1.54) is 25.3 Å². The van der Waals surface area contributed by atoms with Crippen LogP contribution in [0.2, 0.25) is 0 Å². The number of fused-ring (bicyclic) bond motifs is 1. The van der Waals surface area contributed by atoms with E-state index in [1.807, 2.05) is 6.92 Å². The molecule has 0 atom stereocenters. The number of hydrogen-bond donors (Lipinski definition) is 0. The fourth-order valence-electron chi connectivity index (χ4n) is 2.49. The van der Waals surface area contributed by atoms with E-state index < -0.39 is 10.1 Å². The van der Waals surface area contributed by atoms with Crippen LogP contribution in [-0.4, -0.2) is 21.8 Å². The van der Waals surface area contributed by atoms with Gasteiger partial charge in [-0.05, 0) is 48.0 Å². The van der Waals surface area contributed by atoms with Crippen LogP contribution >= 0.6 is 0 Å². The Labute approximate surface area is 145 Å². The quantitative estimate of drug-likeness (QED) is 0.514.